The summed E-state index contributed by atoms with van der Waals surface area (Å²) < 4.78 is 2.77. The van der Waals surface area contributed by atoms with E-state index in [1.165, 1.54) is 6.20 Å². The molecule has 0 unspecified atom stereocenters. The number of rotatable bonds is 3. The van der Waals surface area contributed by atoms with Crippen LogP contribution in [0, 0.1) is 0 Å². The molecule has 110 valence electrons. The van der Waals surface area contributed by atoms with Crippen LogP contribution >= 0.6 is 15.9 Å². The van der Waals surface area contributed by atoms with E-state index in [1.54, 1.807) is 18.5 Å². The molecule has 22 heavy (non-hydrogen) atoms. The van der Waals surface area contributed by atoms with Gasteiger partial charge in [0, 0.05) is 46.6 Å². The monoisotopic (exact) mass is 356 g/mol. The standard InChI is InChI=1S/C16H13BrN4O/c1-21-10-12(14-4-2-3-5-15(14)21)8-19-20-16(22)11-6-13(17)9-18-7-11/h2-10H,1H3,(H,20,22). The van der Waals surface area contributed by atoms with Gasteiger partial charge in [0.2, 0.25) is 0 Å². The van der Waals surface area contributed by atoms with E-state index < -0.39 is 0 Å². The first-order chi connectivity index (χ1) is 10.6. The van der Waals surface area contributed by atoms with Crippen molar-refractivity contribution in [2.45, 2.75) is 0 Å². The zero-order valence-corrected chi connectivity index (χ0v) is 13.4. The molecule has 1 aromatic carbocycles. The zero-order valence-electron chi connectivity index (χ0n) is 11.8. The van der Waals surface area contributed by atoms with E-state index >= 15 is 0 Å². The molecule has 0 aliphatic carbocycles. The van der Waals surface area contributed by atoms with Crippen molar-refractivity contribution in [3.63, 3.8) is 0 Å². The van der Waals surface area contributed by atoms with Gasteiger partial charge in [0.1, 0.15) is 0 Å². The Morgan fingerprint density at radius 3 is 3.00 bits per heavy atom. The Morgan fingerprint density at radius 1 is 1.36 bits per heavy atom. The fraction of sp³-hybridized carbons (Fsp3) is 0.0625. The normalized spacial score (nSPS) is 11.2. The first-order valence-corrected chi connectivity index (χ1v) is 7.42. The number of hydrogen-bond acceptors (Lipinski definition) is 3. The molecule has 0 bridgehead atoms. The van der Waals surface area contributed by atoms with Crippen LogP contribution in [0.15, 0.2) is 58.5 Å². The number of para-hydroxylation sites is 1. The van der Waals surface area contributed by atoms with Gasteiger partial charge in [0.15, 0.2) is 0 Å². The number of amides is 1. The van der Waals surface area contributed by atoms with E-state index in [0.717, 1.165) is 20.9 Å². The number of benzene rings is 1. The van der Waals surface area contributed by atoms with E-state index in [-0.39, 0.29) is 5.91 Å². The van der Waals surface area contributed by atoms with Crippen LogP contribution in [0.25, 0.3) is 10.9 Å². The minimum atomic E-state index is -0.301. The number of aryl methyl sites for hydroxylation is 1. The Kier molecular flexibility index (Phi) is 4.02. The molecule has 0 radical (unpaired) electrons. The Morgan fingerprint density at radius 2 is 2.18 bits per heavy atom. The third-order valence-corrected chi connectivity index (χ3v) is 3.70. The Hall–Kier alpha value is -2.47. The number of fused-ring (bicyclic) bond motifs is 1. The summed E-state index contributed by atoms with van der Waals surface area (Å²) in [6.45, 7) is 0. The summed E-state index contributed by atoms with van der Waals surface area (Å²) in [5.41, 5.74) is 5.02. The summed E-state index contributed by atoms with van der Waals surface area (Å²) in [6, 6.07) is 9.72. The average Bonchev–Trinajstić information content (AvgIpc) is 2.84. The van der Waals surface area contributed by atoms with Gasteiger partial charge in [-0.25, -0.2) is 5.43 Å². The molecule has 1 N–H and O–H groups in total. The number of nitrogens with zero attached hydrogens (tertiary/aromatic N) is 3. The van der Waals surface area contributed by atoms with E-state index in [9.17, 15) is 4.79 Å². The summed E-state index contributed by atoms with van der Waals surface area (Å²) in [4.78, 5) is 15.9. The molecule has 2 heterocycles. The number of halogens is 1. The van der Waals surface area contributed by atoms with Crippen LogP contribution in [0.1, 0.15) is 15.9 Å². The van der Waals surface area contributed by atoms with Gasteiger partial charge in [-0.3, -0.25) is 9.78 Å². The van der Waals surface area contributed by atoms with Crippen molar-refractivity contribution in [3.8, 4) is 0 Å². The van der Waals surface area contributed by atoms with E-state index in [2.05, 4.69) is 31.4 Å². The van der Waals surface area contributed by atoms with Gasteiger partial charge in [0.05, 0.1) is 11.8 Å². The molecular formula is C16H13BrN4O. The maximum Gasteiger partial charge on any atom is 0.272 e. The second kappa shape index (κ2) is 6.11. The third-order valence-electron chi connectivity index (χ3n) is 3.26. The van der Waals surface area contributed by atoms with Gasteiger partial charge >= 0.3 is 0 Å². The first-order valence-electron chi connectivity index (χ1n) is 6.63. The van der Waals surface area contributed by atoms with Crippen LogP contribution in [0.2, 0.25) is 0 Å². The van der Waals surface area contributed by atoms with E-state index in [0.29, 0.717) is 5.56 Å². The number of pyridine rings is 1. The van der Waals surface area contributed by atoms with Crippen LogP contribution in [0.3, 0.4) is 0 Å². The van der Waals surface area contributed by atoms with Gasteiger partial charge in [-0.15, -0.1) is 0 Å². The van der Waals surface area contributed by atoms with Crippen molar-refractivity contribution in [2.24, 2.45) is 12.1 Å². The van der Waals surface area contributed by atoms with E-state index in [1.807, 2.05) is 42.1 Å². The summed E-state index contributed by atoms with van der Waals surface area (Å²) in [5, 5.41) is 5.12. The highest BCUT2D eigenvalue weighted by Gasteiger charge is 2.06. The summed E-state index contributed by atoms with van der Waals surface area (Å²) in [5.74, 6) is -0.301. The topological polar surface area (TPSA) is 59.3 Å². The predicted octanol–water partition coefficient (Wildman–Crippen LogP) is 3.10. The van der Waals surface area contributed by atoms with Crippen molar-refractivity contribution in [1.29, 1.82) is 0 Å². The lowest BCUT2D eigenvalue weighted by Crippen LogP contribution is -2.17. The number of nitrogens with one attached hydrogen (secondary N) is 1. The van der Waals surface area contributed by atoms with Gasteiger partial charge in [0.25, 0.3) is 5.91 Å². The minimum absolute atomic E-state index is 0.301. The molecule has 0 atom stereocenters. The van der Waals surface area contributed by atoms with Gasteiger partial charge in [-0.2, -0.15) is 5.10 Å². The Balaban J connectivity index is 1.78. The lowest BCUT2D eigenvalue weighted by atomic mass is 10.2. The second-order valence-corrected chi connectivity index (χ2v) is 5.72. The van der Waals surface area contributed by atoms with Crippen LogP contribution < -0.4 is 5.43 Å². The molecule has 3 rings (SSSR count). The Labute approximate surface area is 135 Å². The highest BCUT2D eigenvalue weighted by atomic mass is 79.9. The summed E-state index contributed by atoms with van der Waals surface area (Å²) in [7, 11) is 1.98. The summed E-state index contributed by atoms with van der Waals surface area (Å²) >= 11 is 3.28. The zero-order chi connectivity index (χ0) is 15.5. The molecule has 0 aliphatic rings. The van der Waals surface area contributed by atoms with Gasteiger partial charge < -0.3 is 4.57 Å². The van der Waals surface area contributed by atoms with Crippen molar-refractivity contribution in [1.82, 2.24) is 15.0 Å². The third kappa shape index (κ3) is 2.92. The number of hydrazone groups is 1. The average molecular weight is 357 g/mol. The fourth-order valence-corrected chi connectivity index (χ4v) is 2.60. The molecule has 0 saturated carbocycles. The largest absolute Gasteiger partial charge is 0.350 e. The Bertz CT molecular complexity index is 869. The van der Waals surface area contributed by atoms with Crippen molar-refractivity contribution in [2.75, 3.05) is 0 Å². The van der Waals surface area contributed by atoms with Crippen molar-refractivity contribution in [3.05, 3.63) is 64.5 Å². The lowest BCUT2D eigenvalue weighted by molar-refractivity contribution is 0.0954. The number of carbonyl (C=O) groups excluding carboxylic acids is 1. The smallest absolute Gasteiger partial charge is 0.272 e. The maximum absolute atomic E-state index is 12.0. The van der Waals surface area contributed by atoms with Gasteiger partial charge in [-0.1, -0.05) is 18.2 Å². The highest BCUT2D eigenvalue weighted by Crippen LogP contribution is 2.18. The SMILES string of the molecule is Cn1cc(C=NNC(=O)c2cncc(Br)c2)c2ccccc21. The second-order valence-electron chi connectivity index (χ2n) is 4.80. The van der Waals surface area contributed by atoms with Gasteiger partial charge in [-0.05, 0) is 28.1 Å². The molecular weight excluding hydrogens is 344 g/mol. The molecule has 6 heteroatoms. The number of carbonyl (C=O) groups is 1. The summed E-state index contributed by atoms with van der Waals surface area (Å²) in [6.07, 6.45) is 6.73. The molecule has 0 fully saturated rings. The molecule has 5 nitrogen and oxygen atoms in total. The maximum atomic E-state index is 12.0. The van der Waals surface area contributed by atoms with Crippen molar-refractivity contribution < 1.29 is 4.79 Å². The molecule has 2 aromatic heterocycles. The van der Waals surface area contributed by atoms with Crippen LogP contribution in [0.5, 0.6) is 0 Å². The van der Waals surface area contributed by atoms with Crippen LogP contribution in [0.4, 0.5) is 0 Å². The number of hydrogen-bond donors (Lipinski definition) is 1. The van der Waals surface area contributed by atoms with Crippen LogP contribution in [-0.4, -0.2) is 21.7 Å². The fourth-order valence-electron chi connectivity index (χ4n) is 2.24. The predicted molar refractivity (Wildman–Crippen MR) is 89.9 cm³/mol. The van der Waals surface area contributed by atoms with Crippen molar-refractivity contribution >= 4 is 39.0 Å². The van der Waals surface area contributed by atoms with E-state index in [4.69, 9.17) is 0 Å². The molecule has 3 aromatic rings. The molecule has 1 amide bonds. The van der Waals surface area contributed by atoms with Crippen LogP contribution in [-0.2, 0) is 7.05 Å². The number of aromatic nitrogens is 2. The lowest BCUT2D eigenvalue weighted by Gasteiger charge is -1.99. The molecule has 0 aliphatic heterocycles. The molecule has 0 saturated heterocycles. The first kappa shape index (κ1) is 14.5. The highest BCUT2D eigenvalue weighted by molar-refractivity contribution is 9.10. The minimum Gasteiger partial charge on any atom is -0.350 e. The molecule has 0 spiro atoms. The quantitative estimate of drug-likeness (QED) is 0.579.